The van der Waals surface area contributed by atoms with Crippen molar-refractivity contribution in [1.82, 2.24) is 0 Å². The molecule has 1 saturated carbocycles. The highest BCUT2D eigenvalue weighted by Gasteiger charge is 2.54. The Hall–Kier alpha value is -1.82. The van der Waals surface area contributed by atoms with Gasteiger partial charge in [-0.3, -0.25) is 5.32 Å². The first-order valence-corrected chi connectivity index (χ1v) is 8.84. The number of hydrogen-bond donors (Lipinski definition) is 4. The molecule has 2 aliphatic rings. The van der Waals surface area contributed by atoms with Crippen LogP contribution in [-0.4, -0.2) is 24.5 Å². The fourth-order valence-corrected chi connectivity index (χ4v) is 4.61. The Balaban J connectivity index is 1.94. The number of hydrogen-bond acceptors (Lipinski definition) is 3. The summed E-state index contributed by atoms with van der Waals surface area (Å²) in [5.41, 5.74) is 10.2. The molecule has 0 amide bonds. The molecule has 0 heterocycles. The average Bonchev–Trinajstić information content (AvgIpc) is 2.89. The van der Waals surface area contributed by atoms with Gasteiger partial charge in [-0.05, 0) is 55.9 Å². The van der Waals surface area contributed by atoms with Gasteiger partial charge in [0, 0.05) is 35.9 Å². The molecule has 5 heteroatoms. The Morgan fingerprint density at radius 1 is 1.36 bits per heavy atom. The molecule has 0 bridgehead atoms. The first-order chi connectivity index (χ1) is 12.0. The number of halogens is 1. The van der Waals surface area contributed by atoms with Crippen LogP contribution in [-0.2, 0) is 0 Å². The lowest BCUT2D eigenvalue weighted by molar-refractivity contribution is -0.513. The quantitative estimate of drug-likeness (QED) is 0.472. The molecule has 2 atom stereocenters. The standard InChI is InChI=1S/C20H26FN3O/c1-19-11-14(12-22)18(24-17-4-2-16(21)3-5-17)10-15(19)6-7-20(19,13-23)8-9-25/h2-5,10,12,22,24-25H,6-9,11,13,23H2,1H3/p+1/t19-,20+/m0/s1. The summed E-state index contributed by atoms with van der Waals surface area (Å²) in [7, 11) is 0. The van der Waals surface area contributed by atoms with Gasteiger partial charge < -0.3 is 16.2 Å². The molecule has 3 rings (SSSR count). The summed E-state index contributed by atoms with van der Waals surface area (Å²) in [6.07, 6.45) is 7.00. The maximum absolute atomic E-state index is 13.1. The van der Waals surface area contributed by atoms with Crippen LogP contribution in [0.15, 0.2) is 47.2 Å². The molecule has 0 saturated heterocycles. The number of aliphatic hydroxyl groups is 1. The maximum Gasteiger partial charge on any atom is 0.139 e. The van der Waals surface area contributed by atoms with Gasteiger partial charge in [-0.1, -0.05) is 12.5 Å². The number of fused-ring (bicyclic) bond motifs is 1. The second-order valence-corrected chi connectivity index (χ2v) is 7.46. The largest absolute Gasteiger partial charge is 0.396 e. The first kappa shape index (κ1) is 18.0. The molecule has 1 aromatic carbocycles. The summed E-state index contributed by atoms with van der Waals surface area (Å²) < 4.78 is 13.1. The fraction of sp³-hybridized carbons (Fsp3) is 0.450. The highest BCUT2D eigenvalue weighted by Crippen LogP contribution is 2.61. The molecule has 1 aromatic rings. The van der Waals surface area contributed by atoms with E-state index < -0.39 is 0 Å². The van der Waals surface area contributed by atoms with Crippen LogP contribution in [0.4, 0.5) is 10.1 Å². The molecule has 0 unspecified atom stereocenters. The Kier molecular flexibility index (Phi) is 4.91. The molecule has 0 aromatic heterocycles. The molecular weight excluding hydrogens is 317 g/mol. The predicted molar refractivity (Wildman–Crippen MR) is 97.0 cm³/mol. The van der Waals surface area contributed by atoms with Crippen molar-refractivity contribution in [3.05, 3.63) is 53.0 Å². The minimum atomic E-state index is -0.250. The number of benzene rings is 1. The van der Waals surface area contributed by atoms with Crippen molar-refractivity contribution in [2.24, 2.45) is 16.6 Å². The zero-order valence-corrected chi connectivity index (χ0v) is 14.7. The van der Waals surface area contributed by atoms with Crippen LogP contribution in [0.3, 0.4) is 0 Å². The molecule has 4 nitrogen and oxygen atoms in total. The Bertz CT molecular complexity index is 725. The summed E-state index contributed by atoms with van der Waals surface area (Å²) in [5.74, 6) is -0.250. The maximum atomic E-state index is 13.1. The predicted octanol–water partition coefficient (Wildman–Crippen LogP) is 2.38. The van der Waals surface area contributed by atoms with Crippen LogP contribution in [0.5, 0.6) is 0 Å². The molecular formula is C20H27FN3O+. The number of nitrogens with two attached hydrogens (primary N) is 2. The molecule has 1 fully saturated rings. The van der Waals surface area contributed by atoms with Gasteiger partial charge in [-0.2, -0.15) is 0 Å². The number of nitrogens with one attached hydrogen (secondary N) is 1. The van der Waals surface area contributed by atoms with Crippen molar-refractivity contribution in [3.8, 4) is 0 Å². The molecule has 0 spiro atoms. The minimum absolute atomic E-state index is 0.108. The fourth-order valence-electron chi connectivity index (χ4n) is 4.61. The van der Waals surface area contributed by atoms with Gasteiger partial charge >= 0.3 is 0 Å². The van der Waals surface area contributed by atoms with Crippen molar-refractivity contribution < 1.29 is 14.8 Å². The zero-order chi connectivity index (χ0) is 18.1. The smallest absolute Gasteiger partial charge is 0.139 e. The van der Waals surface area contributed by atoms with Crippen molar-refractivity contribution in [3.63, 3.8) is 0 Å². The third-order valence-corrected chi connectivity index (χ3v) is 6.34. The van der Waals surface area contributed by atoms with Crippen LogP contribution in [0.1, 0.15) is 32.6 Å². The van der Waals surface area contributed by atoms with E-state index in [1.165, 1.54) is 23.9 Å². The summed E-state index contributed by atoms with van der Waals surface area (Å²) in [6.45, 7) is 2.91. The summed E-state index contributed by atoms with van der Waals surface area (Å²) >= 11 is 0. The Morgan fingerprint density at radius 3 is 2.68 bits per heavy atom. The molecule has 6 N–H and O–H groups in total. The summed E-state index contributed by atoms with van der Waals surface area (Å²) in [6, 6.07) is 6.40. The van der Waals surface area contributed by atoms with Gasteiger partial charge in [-0.25, -0.2) is 4.39 Å². The molecule has 0 radical (unpaired) electrons. The van der Waals surface area contributed by atoms with Gasteiger partial charge in [0.05, 0.1) is 0 Å². The lowest BCUT2D eigenvalue weighted by Crippen LogP contribution is -2.76. The molecule has 0 aliphatic heterocycles. The number of rotatable bonds is 6. The first-order valence-electron chi connectivity index (χ1n) is 8.84. The van der Waals surface area contributed by atoms with Crippen molar-refractivity contribution in [1.29, 1.82) is 5.41 Å². The number of aliphatic hydroxyl groups excluding tert-OH is 1. The summed E-state index contributed by atoms with van der Waals surface area (Å²) in [5, 5.41) is 19.4. The van der Waals surface area contributed by atoms with E-state index in [1.54, 1.807) is 12.1 Å². The third-order valence-electron chi connectivity index (χ3n) is 6.34. The second-order valence-electron chi connectivity index (χ2n) is 7.46. The van der Waals surface area contributed by atoms with Gasteiger partial charge in [0.1, 0.15) is 17.2 Å². The van der Waals surface area contributed by atoms with Crippen LogP contribution in [0, 0.1) is 22.1 Å². The molecule has 25 heavy (non-hydrogen) atoms. The Morgan fingerprint density at radius 2 is 2.08 bits per heavy atom. The molecule has 134 valence electrons. The van der Waals surface area contributed by atoms with Gasteiger partial charge in [0.25, 0.3) is 0 Å². The normalized spacial score (nSPS) is 28.7. The van der Waals surface area contributed by atoms with Gasteiger partial charge in [0.15, 0.2) is 0 Å². The van der Waals surface area contributed by atoms with E-state index in [1.807, 2.05) is 5.32 Å². The van der Waals surface area contributed by atoms with Crippen molar-refractivity contribution in [2.45, 2.75) is 32.6 Å². The van der Waals surface area contributed by atoms with E-state index in [9.17, 15) is 9.50 Å². The van der Waals surface area contributed by atoms with E-state index in [0.29, 0.717) is 13.0 Å². The molecule has 2 aliphatic carbocycles. The highest BCUT2D eigenvalue weighted by atomic mass is 19.1. The van der Waals surface area contributed by atoms with Crippen molar-refractivity contribution in [2.75, 3.05) is 13.2 Å². The van der Waals surface area contributed by atoms with Crippen LogP contribution >= 0.6 is 0 Å². The summed E-state index contributed by atoms with van der Waals surface area (Å²) in [4.78, 5) is 0. The number of quaternary nitrogens is 1. The lowest BCUT2D eigenvalue weighted by atomic mass is 9.59. The SMILES string of the molecule is C[C@]12CC(C=N)=C([NH2+]c3ccc(F)cc3)C=C1CC[C@]2(CN)CCO. The number of allylic oxidation sites excluding steroid dienone is 3. The van der Waals surface area contributed by atoms with E-state index in [4.69, 9.17) is 11.1 Å². The van der Waals surface area contributed by atoms with Gasteiger partial charge in [0.2, 0.25) is 0 Å². The van der Waals surface area contributed by atoms with E-state index in [-0.39, 0.29) is 23.3 Å². The second kappa shape index (κ2) is 6.83. The average molecular weight is 344 g/mol. The highest BCUT2D eigenvalue weighted by molar-refractivity contribution is 5.78. The topological polar surface area (TPSA) is 86.7 Å². The Labute approximate surface area is 148 Å². The minimum Gasteiger partial charge on any atom is -0.396 e. The van der Waals surface area contributed by atoms with Crippen LogP contribution < -0.4 is 11.1 Å². The monoisotopic (exact) mass is 344 g/mol. The lowest BCUT2D eigenvalue weighted by Gasteiger charge is -2.45. The van der Waals surface area contributed by atoms with Crippen molar-refractivity contribution >= 4 is 11.9 Å². The van der Waals surface area contributed by atoms with E-state index in [0.717, 1.165) is 36.2 Å². The van der Waals surface area contributed by atoms with Crippen LogP contribution in [0.25, 0.3) is 0 Å². The van der Waals surface area contributed by atoms with Gasteiger partial charge in [-0.15, -0.1) is 0 Å². The van der Waals surface area contributed by atoms with E-state index in [2.05, 4.69) is 13.0 Å². The zero-order valence-electron chi connectivity index (χ0n) is 14.7. The van der Waals surface area contributed by atoms with Crippen LogP contribution in [0.2, 0.25) is 0 Å². The van der Waals surface area contributed by atoms with E-state index >= 15 is 0 Å². The third kappa shape index (κ3) is 2.97.